The van der Waals surface area contributed by atoms with Gasteiger partial charge in [-0.3, -0.25) is 0 Å². The summed E-state index contributed by atoms with van der Waals surface area (Å²) in [4.78, 5) is 14.9. The molecule has 0 unspecified atom stereocenters. The molecular formula is C10H8BrClN2O2. The first-order valence-corrected chi connectivity index (χ1v) is 5.73. The first-order valence-electron chi connectivity index (χ1n) is 4.56. The Bertz CT molecular complexity index is 462. The first kappa shape index (κ1) is 11.4. The number of pyridine rings is 1. The summed E-state index contributed by atoms with van der Waals surface area (Å²) in [6, 6.07) is 1.81. The maximum Gasteiger partial charge on any atom is 0.333 e. The predicted octanol–water partition coefficient (Wildman–Crippen LogP) is 2.03. The number of nitrogens with one attached hydrogen (secondary N) is 1. The second-order valence-electron chi connectivity index (χ2n) is 3.25. The fraction of sp³-hybridized carbons (Fsp3) is 0.200. The Morgan fingerprint density at radius 3 is 3.06 bits per heavy atom. The van der Waals surface area contributed by atoms with Crippen LogP contribution >= 0.6 is 27.5 Å². The normalized spacial score (nSPS) is 14.6. The summed E-state index contributed by atoms with van der Waals surface area (Å²) in [6.45, 7) is 0.860. The highest BCUT2D eigenvalue weighted by molar-refractivity contribution is 9.10. The number of rotatable bonds is 3. The number of hydrogen-bond acceptors (Lipinski definition) is 4. The van der Waals surface area contributed by atoms with Crippen molar-refractivity contribution in [2.24, 2.45) is 0 Å². The zero-order valence-corrected chi connectivity index (χ0v) is 10.5. The van der Waals surface area contributed by atoms with E-state index in [1.54, 1.807) is 6.20 Å². The van der Waals surface area contributed by atoms with Crippen molar-refractivity contribution in [3.63, 3.8) is 0 Å². The van der Waals surface area contributed by atoms with Gasteiger partial charge in [0.25, 0.3) is 0 Å². The van der Waals surface area contributed by atoms with Crippen LogP contribution in [0, 0.1) is 0 Å². The van der Waals surface area contributed by atoms with Gasteiger partial charge in [0.15, 0.2) is 0 Å². The molecule has 0 atom stereocenters. The number of nitrogens with zero attached hydrogens (tertiary/aromatic N) is 1. The molecule has 0 aromatic carbocycles. The van der Waals surface area contributed by atoms with E-state index in [1.165, 1.54) is 6.08 Å². The molecule has 1 N–H and O–H groups in total. The molecule has 2 heterocycles. The zero-order valence-electron chi connectivity index (χ0n) is 8.17. The Kier molecular flexibility index (Phi) is 3.46. The smallest absolute Gasteiger partial charge is 0.333 e. The van der Waals surface area contributed by atoms with E-state index in [0.717, 1.165) is 11.3 Å². The number of halogens is 2. The number of ether oxygens (including phenoxy) is 1. The van der Waals surface area contributed by atoms with E-state index < -0.39 is 0 Å². The third-order valence-corrected chi connectivity index (χ3v) is 3.18. The van der Waals surface area contributed by atoms with Crippen LogP contribution in [0.5, 0.6) is 0 Å². The largest absolute Gasteiger partial charge is 0.456 e. The molecule has 0 amide bonds. The van der Waals surface area contributed by atoms with Crippen LogP contribution in [0.1, 0.15) is 5.56 Å². The Morgan fingerprint density at radius 1 is 1.62 bits per heavy atom. The molecule has 1 aromatic heterocycles. The lowest BCUT2D eigenvalue weighted by molar-refractivity contribution is -0.134. The molecule has 1 aliphatic rings. The molecule has 0 saturated heterocycles. The van der Waals surface area contributed by atoms with Crippen molar-refractivity contribution in [3.8, 4) is 0 Å². The number of aromatic nitrogens is 1. The number of carbonyl (C=O) groups is 1. The number of carbonyl (C=O) groups excluding carboxylic acids is 1. The van der Waals surface area contributed by atoms with Crippen molar-refractivity contribution < 1.29 is 9.53 Å². The van der Waals surface area contributed by atoms with E-state index in [-0.39, 0.29) is 5.97 Å². The highest BCUT2D eigenvalue weighted by atomic mass is 79.9. The molecule has 0 bridgehead atoms. The SMILES string of the molecule is O=C1C=C(NCc2cnc(Br)c(Cl)c2)CO1. The van der Waals surface area contributed by atoms with Gasteiger partial charge in [0.1, 0.15) is 11.2 Å². The van der Waals surface area contributed by atoms with Crippen molar-refractivity contribution in [2.75, 3.05) is 6.61 Å². The molecule has 2 rings (SSSR count). The van der Waals surface area contributed by atoms with Crippen molar-refractivity contribution >= 4 is 33.5 Å². The van der Waals surface area contributed by atoms with Gasteiger partial charge >= 0.3 is 5.97 Å². The maximum absolute atomic E-state index is 10.8. The first-order chi connectivity index (χ1) is 7.65. The minimum Gasteiger partial charge on any atom is -0.456 e. The number of esters is 1. The van der Waals surface area contributed by atoms with Crippen LogP contribution in [0.4, 0.5) is 0 Å². The standard InChI is InChI=1S/C10H8BrClN2O2/c11-10-8(12)1-6(4-14-10)3-13-7-2-9(15)16-5-7/h1-2,4,13H,3,5H2. The highest BCUT2D eigenvalue weighted by Crippen LogP contribution is 2.20. The van der Waals surface area contributed by atoms with Gasteiger partial charge in [-0.1, -0.05) is 11.6 Å². The number of cyclic esters (lactones) is 1. The molecule has 6 heteroatoms. The van der Waals surface area contributed by atoms with Crippen LogP contribution in [-0.2, 0) is 16.1 Å². The molecule has 4 nitrogen and oxygen atoms in total. The van der Waals surface area contributed by atoms with Crippen molar-refractivity contribution in [2.45, 2.75) is 6.54 Å². The van der Waals surface area contributed by atoms with Gasteiger partial charge in [0, 0.05) is 18.8 Å². The topological polar surface area (TPSA) is 51.2 Å². The number of hydrogen-bond donors (Lipinski definition) is 1. The minimum absolute atomic E-state index is 0.302. The van der Waals surface area contributed by atoms with Gasteiger partial charge in [0.2, 0.25) is 0 Å². The zero-order chi connectivity index (χ0) is 11.5. The summed E-state index contributed by atoms with van der Waals surface area (Å²) in [6.07, 6.45) is 3.15. The van der Waals surface area contributed by atoms with Crippen LogP contribution in [-0.4, -0.2) is 17.6 Å². The molecular weight excluding hydrogens is 295 g/mol. The monoisotopic (exact) mass is 302 g/mol. The van der Waals surface area contributed by atoms with Gasteiger partial charge in [-0.25, -0.2) is 9.78 Å². The van der Waals surface area contributed by atoms with Gasteiger partial charge in [0.05, 0.1) is 10.7 Å². The van der Waals surface area contributed by atoms with E-state index in [4.69, 9.17) is 16.3 Å². The molecule has 0 spiro atoms. The lowest BCUT2D eigenvalue weighted by Gasteiger charge is -2.06. The van der Waals surface area contributed by atoms with E-state index in [1.807, 2.05) is 6.07 Å². The quantitative estimate of drug-likeness (QED) is 0.686. The van der Waals surface area contributed by atoms with Crippen LogP contribution in [0.15, 0.2) is 28.6 Å². The van der Waals surface area contributed by atoms with E-state index in [2.05, 4.69) is 26.2 Å². The molecule has 0 aliphatic carbocycles. The Balaban J connectivity index is 1.97. The third kappa shape index (κ3) is 2.74. The van der Waals surface area contributed by atoms with Gasteiger partial charge in [-0.05, 0) is 27.6 Å². The van der Waals surface area contributed by atoms with Crippen LogP contribution < -0.4 is 5.32 Å². The summed E-state index contributed by atoms with van der Waals surface area (Å²) in [5.41, 5.74) is 1.71. The minimum atomic E-state index is -0.311. The van der Waals surface area contributed by atoms with E-state index >= 15 is 0 Å². The highest BCUT2D eigenvalue weighted by Gasteiger charge is 2.12. The van der Waals surface area contributed by atoms with Crippen molar-refractivity contribution in [1.82, 2.24) is 10.3 Å². The Morgan fingerprint density at radius 2 is 2.44 bits per heavy atom. The average Bonchev–Trinajstić information content (AvgIpc) is 2.66. The van der Waals surface area contributed by atoms with E-state index in [9.17, 15) is 4.79 Å². The summed E-state index contributed by atoms with van der Waals surface area (Å²) in [7, 11) is 0. The van der Waals surface area contributed by atoms with Gasteiger partial charge < -0.3 is 10.1 Å². The maximum atomic E-state index is 10.8. The third-order valence-electron chi connectivity index (χ3n) is 2.03. The summed E-state index contributed by atoms with van der Waals surface area (Å²) in [5.74, 6) is -0.311. The van der Waals surface area contributed by atoms with Crippen LogP contribution in [0.2, 0.25) is 5.02 Å². The molecule has 16 heavy (non-hydrogen) atoms. The molecule has 0 radical (unpaired) electrons. The second-order valence-corrected chi connectivity index (χ2v) is 4.41. The Labute approximate surface area is 106 Å². The molecule has 1 aliphatic heterocycles. The Hall–Kier alpha value is -1.07. The van der Waals surface area contributed by atoms with Crippen molar-refractivity contribution in [3.05, 3.63) is 39.2 Å². The molecule has 1 aromatic rings. The average molecular weight is 304 g/mol. The van der Waals surface area contributed by atoms with Crippen LogP contribution in [0.3, 0.4) is 0 Å². The lowest BCUT2D eigenvalue weighted by atomic mass is 10.3. The predicted molar refractivity (Wildman–Crippen MR) is 62.8 cm³/mol. The summed E-state index contributed by atoms with van der Waals surface area (Å²) in [5, 5.41) is 3.64. The molecule has 0 saturated carbocycles. The van der Waals surface area contributed by atoms with Crippen molar-refractivity contribution in [1.29, 1.82) is 0 Å². The molecule has 0 fully saturated rings. The van der Waals surface area contributed by atoms with Gasteiger partial charge in [-0.2, -0.15) is 0 Å². The summed E-state index contributed by atoms with van der Waals surface area (Å²) >= 11 is 9.12. The van der Waals surface area contributed by atoms with Crippen LogP contribution in [0.25, 0.3) is 0 Å². The second kappa shape index (κ2) is 4.84. The van der Waals surface area contributed by atoms with E-state index in [0.29, 0.717) is 22.8 Å². The summed E-state index contributed by atoms with van der Waals surface area (Å²) < 4.78 is 5.38. The lowest BCUT2D eigenvalue weighted by Crippen LogP contribution is -2.13. The van der Waals surface area contributed by atoms with Gasteiger partial charge in [-0.15, -0.1) is 0 Å². The molecule has 84 valence electrons. The fourth-order valence-electron chi connectivity index (χ4n) is 1.25. The fourth-order valence-corrected chi connectivity index (χ4v) is 1.66.